The zero-order chi connectivity index (χ0) is 20.6. The normalized spacial score (nSPS) is 16.0. The first-order valence-electron chi connectivity index (χ1n) is 8.95. The molecule has 1 aromatic carbocycles. The summed E-state index contributed by atoms with van der Waals surface area (Å²) in [6.07, 6.45) is 3.44. The van der Waals surface area contributed by atoms with Gasteiger partial charge in [0.15, 0.2) is 0 Å². The van der Waals surface area contributed by atoms with Crippen LogP contribution in [0.2, 0.25) is 0 Å². The Labute approximate surface area is 172 Å². The molecule has 9 heteroatoms. The van der Waals surface area contributed by atoms with E-state index in [4.69, 9.17) is 14.3 Å². The van der Waals surface area contributed by atoms with Gasteiger partial charge in [0.25, 0.3) is 10.0 Å². The number of carbonyl (C=O) groups is 1. The minimum atomic E-state index is -3.78. The summed E-state index contributed by atoms with van der Waals surface area (Å²) in [4.78, 5) is 11.8. The Bertz CT molecular complexity index is 1130. The number of fused-ring (bicyclic) bond motifs is 1. The van der Waals surface area contributed by atoms with E-state index in [9.17, 15) is 13.2 Å². The lowest BCUT2D eigenvalue weighted by molar-refractivity contribution is -0.137. The molecule has 0 bridgehead atoms. The zero-order valence-electron chi connectivity index (χ0n) is 15.6. The molecule has 0 spiro atoms. The number of methoxy groups -OCH3 is 1. The van der Waals surface area contributed by atoms with Crippen molar-refractivity contribution in [1.82, 2.24) is 0 Å². The molecular weight excluding hydrogens is 414 g/mol. The minimum Gasteiger partial charge on any atom is -0.497 e. The van der Waals surface area contributed by atoms with Gasteiger partial charge in [0, 0.05) is 29.3 Å². The van der Waals surface area contributed by atoms with E-state index in [1.54, 1.807) is 56.0 Å². The zero-order valence-corrected chi connectivity index (χ0v) is 17.2. The maximum atomic E-state index is 13.4. The molecule has 1 atom stereocenters. The summed E-state index contributed by atoms with van der Waals surface area (Å²) in [7, 11) is -2.24. The Kier molecular flexibility index (Phi) is 5.10. The van der Waals surface area contributed by atoms with Gasteiger partial charge in [-0.05, 0) is 48.4 Å². The maximum Gasteiger partial charge on any atom is 0.303 e. The van der Waals surface area contributed by atoms with E-state index in [2.05, 4.69) is 0 Å². The van der Waals surface area contributed by atoms with E-state index in [1.165, 1.54) is 15.6 Å². The number of thiophene rings is 1. The van der Waals surface area contributed by atoms with Crippen LogP contribution in [0, 0.1) is 0 Å². The summed E-state index contributed by atoms with van der Waals surface area (Å²) in [5, 5.41) is 9.06. The first kappa shape index (κ1) is 19.5. The number of nitrogens with zero attached hydrogens (tertiary/aromatic N) is 1. The molecule has 1 aliphatic heterocycles. The van der Waals surface area contributed by atoms with Crippen LogP contribution < -0.4 is 9.04 Å². The number of hydrogen-bond donors (Lipinski definition) is 1. The third-order valence-corrected chi connectivity index (χ3v) is 8.35. The fourth-order valence-electron chi connectivity index (χ4n) is 3.51. The van der Waals surface area contributed by atoms with Crippen molar-refractivity contribution >= 4 is 33.0 Å². The Morgan fingerprint density at radius 1 is 1.31 bits per heavy atom. The van der Waals surface area contributed by atoms with Crippen LogP contribution in [0.3, 0.4) is 0 Å². The van der Waals surface area contributed by atoms with E-state index in [0.717, 1.165) is 16.0 Å². The second kappa shape index (κ2) is 7.57. The van der Waals surface area contributed by atoms with Crippen molar-refractivity contribution in [2.24, 2.45) is 0 Å². The van der Waals surface area contributed by atoms with Crippen LogP contribution in [0.25, 0.3) is 10.4 Å². The highest BCUT2D eigenvalue weighted by molar-refractivity contribution is 7.94. The van der Waals surface area contributed by atoms with Gasteiger partial charge in [-0.15, -0.1) is 11.3 Å². The van der Waals surface area contributed by atoms with Gasteiger partial charge in [0.05, 0.1) is 25.3 Å². The second-order valence-corrected chi connectivity index (χ2v) is 9.89. The first-order chi connectivity index (χ1) is 13.9. The molecule has 0 saturated carbocycles. The number of carboxylic acids is 1. The van der Waals surface area contributed by atoms with Gasteiger partial charge in [-0.3, -0.25) is 9.10 Å². The molecule has 152 valence electrons. The molecule has 29 heavy (non-hydrogen) atoms. The molecule has 1 aliphatic rings. The van der Waals surface area contributed by atoms with Gasteiger partial charge in [-0.25, -0.2) is 8.42 Å². The quantitative estimate of drug-likeness (QED) is 0.601. The molecule has 0 aliphatic carbocycles. The lowest BCUT2D eigenvalue weighted by atomic mass is 9.96. The highest BCUT2D eigenvalue weighted by atomic mass is 32.2. The SMILES string of the molecule is COc1ccc2c(c1)C(CCC(=O)O)CN2S(=O)(=O)c1ccc(-c2ccoc2)s1. The van der Waals surface area contributed by atoms with E-state index >= 15 is 0 Å². The van der Waals surface area contributed by atoms with E-state index in [1.807, 2.05) is 0 Å². The number of ether oxygens (including phenoxy) is 1. The van der Waals surface area contributed by atoms with Crippen molar-refractivity contribution in [2.75, 3.05) is 18.0 Å². The van der Waals surface area contributed by atoms with Crippen molar-refractivity contribution < 1.29 is 27.5 Å². The second-order valence-electron chi connectivity index (χ2n) is 6.72. The van der Waals surface area contributed by atoms with Gasteiger partial charge in [0.1, 0.15) is 9.96 Å². The summed E-state index contributed by atoms with van der Waals surface area (Å²) >= 11 is 1.18. The highest BCUT2D eigenvalue weighted by Crippen LogP contribution is 2.44. The molecule has 0 saturated heterocycles. The molecule has 4 rings (SSSR count). The molecule has 3 aromatic rings. The van der Waals surface area contributed by atoms with E-state index in [-0.39, 0.29) is 23.1 Å². The number of anilines is 1. The Morgan fingerprint density at radius 2 is 2.14 bits per heavy atom. The summed E-state index contributed by atoms with van der Waals surface area (Å²) in [6.45, 7) is 0.205. The monoisotopic (exact) mass is 433 g/mol. The lowest BCUT2D eigenvalue weighted by Crippen LogP contribution is -2.29. The van der Waals surface area contributed by atoms with Gasteiger partial charge >= 0.3 is 5.97 Å². The Hall–Kier alpha value is -2.78. The lowest BCUT2D eigenvalue weighted by Gasteiger charge is -2.19. The first-order valence-corrected chi connectivity index (χ1v) is 11.2. The van der Waals surface area contributed by atoms with Crippen LogP contribution in [0.1, 0.15) is 24.3 Å². The largest absolute Gasteiger partial charge is 0.497 e. The average Bonchev–Trinajstić information content (AvgIpc) is 3.45. The third kappa shape index (κ3) is 3.63. The molecule has 3 heterocycles. The molecule has 7 nitrogen and oxygen atoms in total. The molecular formula is C20H19NO6S2. The van der Waals surface area contributed by atoms with E-state index < -0.39 is 16.0 Å². The molecule has 0 fully saturated rings. The standard InChI is InChI=1S/C20H19NO6S2/c1-26-15-3-4-17-16(10-15)13(2-6-19(22)23)11-21(17)29(24,25)20-7-5-18(28-20)14-8-9-27-12-14/h3-5,7-10,12-13H,2,6,11H2,1H3,(H,22,23). The minimum absolute atomic E-state index is 0.0289. The summed E-state index contributed by atoms with van der Waals surface area (Å²) in [5.41, 5.74) is 2.18. The average molecular weight is 434 g/mol. The van der Waals surface area contributed by atoms with Crippen molar-refractivity contribution in [3.05, 3.63) is 54.5 Å². The smallest absolute Gasteiger partial charge is 0.303 e. The number of hydrogen-bond acceptors (Lipinski definition) is 6. The molecule has 0 amide bonds. The molecule has 1 N–H and O–H groups in total. The number of aliphatic carboxylic acids is 1. The summed E-state index contributed by atoms with van der Waals surface area (Å²) < 4.78 is 38.7. The predicted octanol–water partition coefficient (Wildman–Crippen LogP) is 4.17. The fraction of sp³-hybridized carbons (Fsp3) is 0.250. The number of rotatable bonds is 7. The van der Waals surface area contributed by atoms with Gasteiger partial charge in [0.2, 0.25) is 0 Å². The summed E-state index contributed by atoms with van der Waals surface area (Å²) in [5.74, 6) is -0.500. The van der Waals surface area contributed by atoms with Crippen molar-refractivity contribution in [3.8, 4) is 16.2 Å². The summed E-state index contributed by atoms with van der Waals surface area (Å²) in [6, 6.07) is 10.4. The molecule has 0 radical (unpaired) electrons. The topological polar surface area (TPSA) is 97.0 Å². The van der Waals surface area contributed by atoms with Crippen LogP contribution in [0.4, 0.5) is 5.69 Å². The van der Waals surface area contributed by atoms with Gasteiger partial charge in [-0.2, -0.15) is 0 Å². The van der Waals surface area contributed by atoms with Crippen molar-refractivity contribution in [2.45, 2.75) is 23.0 Å². The number of carboxylic acid groups (broad SMARTS) is 1. The van der Waals surface area contributed by atoms with Gasteiger partial charge in [-0.1, -0.05) is 0 Å². The Morgan fingerprint density at radius 3 is 2.83 bits per heavy atom. The van der Waals surface area contributed by atoms with Crippen molar-refractivity contribution in [3.63, 3.8) is 0 Å². The van der Waals surface area contributed by atoms with Crippen LogP contribution >= 0.6 is 11.3 Å². The van der Waals surface area contributed by atoms with Gasteiger partial charge < -0.3 is 14.3 Å². The maximum absolute atomic E-state index is 13.4. The fourth-order valence-corrected chi connectivity index (χ4v) is 6.45. The van der Waals surface area contributed by atoms with Crippen LogP contribution in [0.5, 0.6) is 5.75 Å². The van der Waals surface area contributed by atoms with E-state index in [0.29, 0.717) is 17.9 Å². The van der Waals surface area contributed by atoms with Crippen LogP contribution in [-0.2, 0) is 14.8 Å². The third-order valence-electron chi connectivity index (χ3n) is 4.97. The molecule has 2 aromatic heterocycles. The Balaban J connectivity index is 1.70. The number of benzene rings is 1. The van der Waals surface area contributed by atoms with Crippen LogP contribution in [-0.4, -0.2) is 33.1 Å². The van der Waals surface area contributed by atoms with Crippen LogP contribution in [0.15, 0.2) is 57.6 Å². The van der Waals surface area contributed by atoms with Crippen molar-refractivity contribution in [1.29, 1.82) is 0 Å². The highest BCUT2D eigenvalue weighted by Gasteiger charge is 2.37. The molecule has 1 unspecified atom stereocenters. The predicted molar refractivity (Wildman–Crippen MR) is 109 cm³/mol. The number of sulfonamides is 1. The number of furan rings is 1.